The van der Waals surface area contributed by atoms with Crippen LogP contribution in [-0.2, 0) is 0 Å². The van der Waals surface area contributed by atoms with Crippen LogP contribution < -0.4 is 4.74 Å². The second-order valence-electron chi connectivity index (χ2n) is 8.93. The van der Waals surface area contributed by atoms with E-state index in [1.54, 1.807) is 0 Å². The smallest absolute Gasteiger partial charge is 0.119 e. The molecule has 0 saturated carbocycles. The molecule has 0 aromatic heterocycles. The Bertz CT molecular complexity index is 938. The molecule has 1 unspecified atom stereocenters. The molecule has 0 bridgehead atoms. The third-order valence-corrected chi connectivity index (χ3v) is 5.90. The second kappa shape index (κ2) is 11.6. The molecule has 3 aromatic rings. The van der Waals surface area contributed by atoms with Gasteiger partial charge in [-0.3, -0.25) is 0 Å². The molecule has 0 aliphatic rings. The predicted octanol–water partition coefficient (Wildman–Crippen LogP) is 8.89. The van der Waals surface area contributed by atoms with Gasteiger partial charge in [0.05, 0.1) is 6.61 Å². The van der Waals surface area contributed by atoms with Crippen molar-refractivity contribution in [3.05, 3.63) is 84.9 Å². The highest BCUT2D eigenvalue weighted by Crippen LogP contribution is 2.36. The third-order valence-electron chi connectivity index (χ3n) is 5.90. The minimum Gasteiger partial charge on any atom is -0.494 e. The minimum atomic E-state index is 0.714. The van der Waals surface area contributed by atoms with Crippen LogP contribution in [0.5, 0.6) is 5.75 Å². The van der Waals surface area contributed by atoms with Gasteiger partial charge in [0.25, 0.3) is 0 Å². The summed E-state index contributed by atoms with van der Waals surface area (Å²) in [4.78, 5) is 0. The summed E-state index contributed by atoms with van der Waals surface area (Å²) in [7, 11) is 0. The van der Waals surface area contributed by atoms with Crippen LogP contribution in [-0.4, -0.2) is 6.61 Å². The molecule has 0 aliphatic heterocycles. The van der Waals surface area contributed by atoms with E-state index in [1.807, 2.05) is 6.08 Å². The van der Waals surface area contributed by atoms with Gasteiger partial charge < -0.3 is 4.74 Å². The number of ether oxygens (including phenoxy) is 1. The molecule has 0 N–H and O–H groups in total. The van der Waals surface area contributed by atoms with E-state index in [2.05, 4.69) is 100 Å². The lowest BCUT2D eigenvalue weighted by Gasteiger charge is -2.15. The van der Waals surface area contributed by atoms with Gasteiger partial charge in [-0.15, -0.1) is 0 Å². The van der Waals surface area contributed by atoms with Gasteiger partial charge in [0, 0.05) is 0 Å². The van der Waals surface area contributed by atoms with Crippen molar-refractivity contribution in [3.8, 4) is 28.0 Å². The maximum absolute atomic E-state index is 6.05. The van der Waals surface area contributed by atoms with E-state index in [1.165, 1.54) is 41.5 Å². The van der Waals surface area contributed by atoms with Gasteiger partial charge in [0.2, 0.25) is 0 Å². The van der Waals surface area contributed by atoms with Gasteiger partial charge in [0.1, 0.15) is 5.75 Å². The van der Waals surface area contributed by atoms with Crippen molar-refractivity contribution in [2.45, 2.75) is 46.5 Å². The zero-order valence-electron chi connectivity index (χ0n) is 19.3. The lowest BCUT2D eigenvalue weighted by atomic mass is 9.90. The molecule has 1 nitrogen and oxygen atoms in total. The lowest BCUT2D eigenvalue weighted by molar-refractivity contribution is 0.276. The number of rotatable bonds is 11. The second-order valence-corrected chi connectivity index (χ2v) is 8.93. The van der Waals surface area contributed by atoms with Gasteiger partial charge in [-0.2, -0.15) is 0 Å². The van der Waals surface area contributed by atoms with Crippen LogP contribution in [0.2, 0.25) is 0 Å². The summed E-state index contributed by atoms with van der Waals surface area (Å²) in [5.41, 5.74) is 5.98. The normalized spacial score (nSPS) is 12.0. The van der Waals surface area contributed by atoms with Gasteiger partial charge >= 0.3 is 0 Å². The summed E-state index contributed by atoms with van der Waals surface area (Å²) >= 11 is 0. The Morgan fingerprint density at radius 3 is 2.19 bits per heavy atom. The Labute approximate surface area is 188 Å². The van der Waals surface area contributed by atoms with Gasteiger partial charge in [-0.1, -0.05) is 113 Å². The SMILES string of the molecule is C=Cc1cccc(-c2ccccc2)c1-c1ccc(OCCC(C)CCCC(C)C)cc1. The van der Waals surface area contributed by atoms with Crippen molar-refractivity contribution < 1.29 is 4.74 Å². The highest BCUT2D eigenvalue weighted by Gasteiger charge is 2.11. The molecule has 0 spiro atoms. The molecule has 0 radical (unpaired) electrons. The van der Waals surface area contributed by atoms with Crippen LogP contribution in [0.1, 0.15) is 52.0 Å². The van der Waals surface area contributed by atoms with Gasteiger partial charge in [-0.05, 0) is 58.2 Å². The Morgan fingerprint density at radius 2 is 1.52 bits per heavy atom. The van der Waals surface area contributed by atoms with Gasteiger partial charge in [-0.25, -0.2) is 0 Å². The van der Waals surface area contributed by atoms with Crippen molar-refractivity contribution >= 4 is 6.08 Å². The Balaban J connectivity index is 1.67. The fourth-order valence-corrected chi connectivity index (χ4v) is 4.04. The molecule has 0 saturated heterocycles. The zero-order valence-corrected chi connectivity index (χ0v) is 19.3. The number of hydrogen-bond acceptors (Lipinski definition) is 1. The average Bonchev–Trinajstić information content (AvgIpc) is 2.79. The highest BCUT2D eigenvalue weighted by molar-refractivity contribution is 5.89. The minimum absolute atomic E-state index is 0.714. The molecule has 1 heteroatoms. The molecular formula is C30H36O. The molecular weight excluding hydrogens is 376 g/mol. The van der Waals surface area contributed by atoms with Crippen LogP contribution in [0.3, 0.4) is 0 Å². The van der Waals surface area contributed by atoms with E-state index < -0.39 is 0 Å². The van der Waals surface area contributed by atoms with Crippen LogP contribution in [0.4, 0.5) is 0 Å². The maximum atomic E-state index is 6.05. The van der Waals surface area contributed by atoms with Crippen LogP contribution in [0, 0.1) is 11.8 Å². The molecule has 1 atom stereocenters. The number of benzene rings is 3. The van der Waals surface area contributed by atoms with Crippen molar-refractivity contribution in [1.82, 2.24) is 0 Å². The topological polar surface area (TPSA) is 9.23 Å². The monoisotopic (exact) mass is 412 g/mol. The quantitative estimate of drug-likeness (QED) is 0.305. The predicted molar refractivity (Wildman–Crippen MR) is 135 cm³/mol. The van der Waals surface area contributed by atoms with Crippen molar-refractivity contribution in [3.63, 3.8) is 0 Å². The molecule has 3 rings (SSSR count). The first-order chi connectivity index (χ1) is 15.1. The first kappa shape index (κ1) is 22.9. The average molecular weight is 413 g/mol. The molecule has 0 aliphatic carbocycles. The Morgan fingerprint density at radius 1 is 0.774 bits per heavy atom. The standard InChI is InChI=1S/C30H36O/c1-5-25-15-10-16-29(26-13-7-6-8-14-26)30(25)27-17-19-28(20-18-27)31-22-21-24(4)12-9-11-23(2)3/h5-8,10,13-20,23-24H,1,9,11-12,21-22H2,2-4H3. The third kappa shape index (κ3) is 6.59. The molecule has 3 aromatic carbocycles. The molecule has 162 valence electrons. The Hall–Kier alpha value is -2.80. The molecule has 0 heterocycles. The fraction of sp³-hybridized carbons (Fsp3) is 0.333. The maximum Gasteiger partial charge on any atom is 0.119 e. The van der Waals surface area contributed by atoms with E-state index in [0.29, 0.717) is 5.92 Å². The highest BCUT2D eigenvalue weighted by atomic mass is 16.5. The van der Waals surface area contributed by atoms with Gasteiger partial charge in [0.15, 0.2) is 0 Å². The summed E-state index contributed by atoms with van der Waals surface area (Å²) < 4.78 is 6.05. The first-order valence-electron chi connectivity index (χ1n) is 11.6. The van der Waals surface area contributed by atoms with E-state index in [9.17, 15) is 0 Å². The molecule has 31 heavy (non-hydrogen) atoms. The fourth-order valence-electron chi connectivity index (χ4n) is 4.04. The van der Waals surface area contributed by atoms with E-state index >= 15 is 0 Å². The Kier molecular flexibility index (Phi) is 8.53. The summed E-state index contributed by atoms with van der Waals surface area (Å²) in [6, 6.07) is 25.5. The van der Waals surface area contributed by atoms with Crippen molar-refractivity contribution in [2.75, 3.05) is 6.61 Å². The zero-order chi connectivity index (χ0) is 22.1. The summed E-state index contributed by atoms with van der Waals surface area (Å²) in [5, 5.41) is 0. The summed E-state index contributed by atoms with van der Waals surface area (Å²) in [5.74, 6) is 2.46. The van der Waals surface area contributed by atoms with E-state index in [0.717, 1.165) is 30.3 Å². The number of hydrogen-bond donors (Lipinski definition) is 0. The van der Waals surface area contributed by atoms with E-state index in [4.69, 9.17) is 4.74 Å². The summed E-state index contributed by atoms with van der Waals surface area (Å²) in [6.45, 7) is 11.7. The van der Waals surface area contributed by atoms with Crippen LogP contribution in [0.15, 0.2) is 79.4 Å². The first-order valence-corrected chi connectivity index (χ1v) is 11.6. The lowest BCUT2D eigenvalue weighted by Crippen LogP contribution is -2.04. The molecule has 0 fully saturated rings. The van der Waals surface area contributed by atoms with Crippen molar-refractivity contribution in [2.24, 2.45) is 11.8 Å². The van der Waals surface area contributed by atoms with Crippen molar-refractivity contribution in [1.29, 1.82) is 0 Å². The molecule has 0 amide bonds. The largest absolute Gasteiger partial charge is 0.494 e. The van der Waals surface area contributed by atoms with E-state index in [-0.39, 0.29) is 0 Å². The van der Waals surface area contributed by atoms with Crippen LogP contribution >= 0.6 is 0 Å². The van der Waals surface area contributed by atoms with Crippen LogP contribution in [0.25, 0.3) is 28.3 Å². The summed E-state index contributed by atoms with van der Waals surface area (Å²) in [6.07, 6.45) is 6.98.